The largest absolute Gasteiger partial charge is 0.461 e. The molecule has 0 spiro atoms. The van der Waals surface area contributed by atoms with Crippen molar-refractivity contribution in [2.45, 2.75) is 32.8 Å². The zero-order valence-corrected chi connectivity index (χ0v) is 10.5. The van der Waals surface area contributed by atoms with Crippen LogP contribution in [0.5, 0.6) is 0 Å². The van der Waals surface area contributed by atoms with Crippen molar-refractivity contribution in [1.29, 1.82) is 0 Å². The summed E-state index contributed by atoms with van der Waals surface area (Å²) in [6, 6.07) is 3.85. The van der Waals surface area contributed by atoms with Crippen molar-refractivity contribution in [3.05, 3.63) is 29.8 Å². The van der Waals surface area contributed by atoms with E-state index in [1.807, 2.05) is 25.4 Å². The van der Waals surface area contributed by atoms with Crippen molar-refractivity contribution in [2.75, 3.05) is 0 Å². The Kier molecular flexibility index (Phi) is 3.33. The summed E-state index contributed by atoms with van der Waals surface area (Å²) in [4.78, 5) is 0. The molecular weight excluding hydrogens is 216 g/mol. The normalized spacial score (nSPS) is 12.9. The van der Waals surface area contributed by atoms with Gasteiger partial charge in [0.15, 0.2) is 0 Å². The number of aliphatic hydroxyl groups is 1. The molecule has 92 valence electrons. The van der Waals surface area contributed by atoms with Crippen LogP contribution in [0, 0.1) is 0 Å². The van der Waals surface area contributed by atoms with Crippen molar-refractivity contribution >= 4 is 0 Å². The van der Waals surface area contributed by atoms with Crippen LogP contribution in [0.3, 0.4) is 0 Å². The lowest BCUT2D eigenvalue weighted by Gasteiger charge is -1.99. The van der Waals surface area contributed by atoms with Crippen molar-refractivity contribution in [3.63, 3.8) is 0 Å². The van der Waals surface area contributed by atoms with Gasteiger partial charge in [-0.3, -0.25) is 4.68 Å². The monoisotopic (exact) mass is 234 g/mol. The van der Waals surface area contributed by atoms with Gasteiger partial charge >= 0.3 is 0 Å². The molecule has 0 bridgehead atoms. The van der Waals surface area contributed by atoms with Crippen LogP contribution < -0.4 is 0 Å². The quantitative estimate of drug-likeness (QED) is 0.882. The summed E-state index contributed by atoms with van der Waals surface area (Å²) in [5.74, 6) is 1.63. The molecule has 4 heteroatoms. The lowest BCUT2D eigenvalue weighted by molar-refractivity contribution is 0.187. The maximum absolute atomic E-state index is 9.31. The Bertz CT molecular complexity index is 497. The van der Waals surface area contributed by atoms with Crippen LogP contribution >= 0.6 is 0 Å². The van der Waals surface area contributed by atoms with Gasteiger partial charge in [-0.25, -0.2) is 0 Å². The van der Waals surface area contributed by atoms with Crippen molar-refractivity contribution < 1.29 is 9.52 Å². The lowest BCUT2D eigenvalue weighted by atomic mass is 10.1. The van der Waals surface area contributed by atoms with E-state index in [2.05, 4.69) is 12.0 Å². The maximum atomic E-state index is 9.31. The Balaban J connectivity index is 2.29. The molecule has 0 saturated carbocycles. The Hall–Kier alpha value is -1.55. The number of aliphatic hydroxyl groups excluding tert-OH is 1. The van der Waals surface area contributed by atoms with E-state index < -0.39 is 0 Å². The SMILES string of the molecule is CCc1nn(C)cc1-c1ccc(CC(C)O)o1. The average Bonchev–Trinajstić information content (AvgIpc) is 2.83. The first kappa shape index (κ1) is 11.9. The van der Waals surface area contributed by atoms with Crippen LogP contribution in [0.15, 0.2) is 22.7 Å². The molecule has 0 saturated heterocycles. The molecule has 0 aromatic carbocycles. The van der Waals surface area contributed by atoms with Crippen LogP contribution in [0.25, 0.3) is 11.3 Å². The van der Waals surface area contributed by atoms with Crippen molar-refractivity contribution in [2.24, 2.45) is 7.05 Å². The topological polar surface area (TPSA) is 51.2 Å². The molecule has 2 rings (SSSR count). The number of hydrogen-bond donors (Lipinski definition) is 1. The van der Waals surface area contributed by atoms with E-state index in [4.69, 9.17) is 4.42 Å². The third kappa shape index (κ3) is 2.58. The molecule has 1 unspecified atom stereocenters. The van der Waals surface area contributed by atoms with Gasteiger partial charge in [-0.05, 0) is 25.5 Å². The van der Waals surface area contributed by atoms with E-state index in [0.717, 1.165) is 29.2 Å². The van der Waals surface area contributed by atoms with Crippen LogP contribution in [0.4, 0.5) is 0 Å². The zero-order chi connectivity index (χ0) is 12.4. The average molecular weight is 234 g/mol. The van der Waals surface area contributed by atoms with Crippen LogP contribution in [0.1, 0.15) is 25.3 Å². The van der Waals surface area contributed by atoms with Gasteiger partial charge in [0.2, 0.25) is 0 Å². The molecule has 0 aliphatic heterocycles. The molecule has 0 aliphatic carbocycles. The van der Waals surface area contributed by atoms with Gasteiger partial charge in [-0.15, -0.1) is 0 Å². The minimum atomic E-state index is -0.381. The van der Waals surface area contributed by atoms with Gasteiger partial charge in [-0.2, -0.15) is 5.10 Å². The van der Waals surface area contributed by atoms with E-state index in [-0.39, 0.29) is 6.10 Å². The van der Waals surface area contributed by atoms with Gasteiger partial charge in [-0.1, -0.05) is 6.92 Å². The standard InChI is InChI=1S/C13H18N2O2/c1-4-12-11(8-15(3)14-12)13-6-5-10(17-13)7-9(2)16/h5-6,8-9,16H,4,7H2,1-3H3. The molecule has 2 heterocycles. The summed E-state index contributed by atoms with van der Waals surface area (Å²) in [7, 11) is 1.91. The maximum Gasteiger partial charge on any atom is 0.137 e. The highest BCUT2D eigenvalue weighted by molar-refractivity contribution is 5.59. The third-order valence-corrected chi connectivity index (χ3v) is 2.66. The Morgan fingerprint density at radius 1 is 1.47 bits per heavy atom. The molecule has 2 aromatic rings. The zero-order valence-electron chi connectivity index (χ0n) is 10.5. The van der Waals surface area contributed by atoms with Crippen LogP contribution in [0.2, 0.25) is 0 Å². The minimum absolute atomic E-state index is 0.381. The summed E-state index contributed by atoms with van der Waals surface area (Å²) in [5, 5.41) is 13.7. The van der Waals surface area contributed by atoms with Crippen molar-refractivity contribution in [1.82, 2.24) is 9.78 Å². The van der Waals surface area contributed by atoms with E-state index >= 15 is 0 Å². The van der Waals surface area contributed by atoms with E-state index in [9.17, 15) is 5.11 Å². The number of hydrogen-bond acceptors (Lipinski definition) is 3. The molecule has 0 fully saturated rings. The highest BCUT2D eigenvalue weighted by Gasteiger charge is 2.13. The van der Waals surface area contributed by atoms with Crippen molar-refractivity contribution in [3.8, 4) is 11.3 Å². The molecule has 2 aromatic heterocycles. The molecular formula is C13H18N2O2. The Morgan fingerprint density at radius 3 is 2.88 bits per heavy atom. The number of furan rings is 1. The lowest BCUT2D eigenvalue weighted by Crippen LogP contribution is -2.02. The number of nitrogens with zero attached hydrogens (tertiary/aromatic N) is 2. The number of aromatic nitrogens is 2. The first-order chi connectivity index (χ1) is 8.10. The second kappa shape index (κ2) is 4.75. The van der Waals surface area contributed by atoms with E-state index in [1.54, 1.807) is 11.6 Å². The molecule has 0 aliphatic rings. The molecule has 1 N–H and O–H groups in total. The van der Waals surface area contributed by atoms with E-state index in [0.29, 0.717) is 6.42 Å². The minimum Gasteiger partial charge on any atom is -0.461 e. The number of aryl methyl sites for hydroxylation is 2. The van der Waals surface area contributed by atoms with Gasteiger partial charge in [0.05, 0.1) is 17.4 Å². The summed E-state index contributed by atoms with van der Waals surface area (Å²) in [6.07, 6.45) is 3.00. The molecule has 17 heavy (non-hydrogen) atoms. The smallest absolute Gasteiger partial charge is 0.137 e. The molecule has 0 radical (unpaired) electrons. The molecule has 4 nitrogen and oxygen atoms in total. The molecule has 1 atom stereocenters. The number of rotatable bonds is 4. The van der Waals surface area contributed by atoms with E-state index in [1.165, 1.54) is 0 Å². The van der Waals surface area contributed by atoms with Gasteiger partial charge in [0.25, 0.3) is 0 Å². The Labute approximate surface area is 101 Å². The van der Waals surface area contributed by atoms with Gasteiger partial charge in [0.1, 0.15) is 11.5 Å². The van der Waals surface area contributed by atoms with Gasteiger partial charge in [0, 0.05) is 19.7 Å². The second-order valence-corrected chi connectivity index (χ2v) is 4.34. The summed E-state index contributed by atoms with van der Waals surface area (Å²) >= 11 is 0. The molecule has 0 amide bonds. The predicted octanol–water partition coefficient (Wildman–Crippen LogP) is 2.17. The first-order valence-corrected chi connectivity index (χ1v) is 5.89. The van der Waals surface area contributed by atoms with Crippen LogP contribution in [-0.4, -0.2) is 21.0 Å². The highest BCUT2D eigenvalue weighted by atomic mass is 16.3. The van der Waals surface area contributed by atoms with Crippen LogP contribution in [-0.2, 0) is 19.9 Å². The Morgan fingerprint density at radius 2 is 2.24 bits per heavy atom. The summed E-state index contributed by atoms with van der Waals surface area (Å²) in [6.45, 7) is 3.83. The van der Waals surface area contributed by atoms with Gasteiger partial charge < -0.3 is 9.52 Å². The highest BCUT2D eigenvalue weighted by Crippen LogP contribution is 2.25. The third-order valence-electron chi connectivity index (χ3n) is 2.66. The first-order valence-electron chi connectivity index (χ1n) is 5.89. The summed E-state index contributed by atoms with van der Waals surface area (Å²) in [5.41, 5.74) is 2.07. The fourth-order valence-electron chi connectivity index (χ4n) is 1.93. The predicted molar refractivity (Wildman–Crippen MR) is 65.7 cm³/mol. The fourth-order valence-corrected chi connectivity index (χ4v) is 1.93. The fraction of sp³-hybridized carbons (Fsp3) is 0.462. The summed E-state index contributed by atoms with van der Waals surface area (Å²) < 4.78 is 7.52. The second-order valence-electron chi connectivity index (χ2n) is 4.34.